The van der Waals surface area contributed by atoms with E-state index < -0.39 is 16.0 Å². The van der Waals surface area contributed by atoms with E-state index in [4.69, 9.17) is 4.74 Å². The zero-order valence-electron chi connectivity index (χ0n) is 18.8. The van der Waals surface area contributed by atoms with E-state index in [1.165, 1.54) is 54.9 Å². The molecular weight excluding hydrogens is 438 g/mol. The van der Waals surface area contributed by atoms with Crippen LogP contribution in [0.15, 0.2) is 59.5 Å². The summed E-state index contributed by atoms with van der Waals surface area (Å²) < 4.78 is 32.7. The summed E-state index contributed by atoms with van der Waals surface area (Å²) in [5.74, 6) is 1.27. The van der Waals surface area contributed by atoms with E-state index in [1.807, 2.05) is 6.07 Å². The fourth-order valence-electron chi connectivity index (χ4n) is 6.54. The van der Waals surface area contributed by atoms with Crippen molar-refractivity contribution in [1.82, 2.24) is 0 Å². The second-order valence-electron chi connectivity index (χ2n) is 10.0. The van der Waals surface area contributed by atoms with Gasteiger partial charge < -0.3 is 4.74 Å². The van der Waals surface area contributed by atoms with Gasteiger partial charge in [0.05, 0.1) is 16.1 Å². The summed E-state index contributed by atoms with van der Waals surface area (Å²) in [7, 11) is -2.38. The third kappa shape index (κ3) is 4.07. The monoisotopic (exact) mass is 467 g/mol. The van der Waals surface area contributed by atoms with Crippen LogP contribution in [-0.2, 0) is 19.6 Å². The number of ketones is 1. The summed E-state index contributed by atoms with van der Waals surface area (Å²) in [5.41, 5.74) is 0.320. The maximum atomic E-state index is 13.1. The van der Waals surface area contributed by atoms with Crippen molar-refractivity contribution in [1.29, 1.82) is 0 Å². The van der Waals surface area contributed by atoms with Crippen molar-refractivity contribution in [2.75, 3.05) is 18.0 Å². The van der Waals surface area contributed by atoms with E-state index >= 15 is 0 Å². The molecule has 2 aromatic rings. The van der Waals surface area contributed by atoms with Gasteiger partial charge in [-0.25, -0.2) is 13.2 Å². The molecule has 0 atom stereocenters. The summed E-state index contributed by atoms with van der Waals surface area (Å²) in [6.45, 7) is -0.244. The number of esters is 1. The molecular formula is C26H29NO5S. The number of carbonyl (C=O) groups is 2. The van der Waals surface area contributed by atoms with Crippen molar-refractivity contribution in [2.24, 2.45) is 23.2 Å². The average Bonchev–Trinajstić information content (AvgIpc) is 2.81. The maximum Gasteiger partial charge on any atom is 0.338 e. The van der Waals surface area contributed by atoms with Crippen LogP contribution in [0.4, 0.5) is 5.69 Å². The highest BCUT2D eigenvalue weighted by Gasteiger charge is 2.54. The lowest BCUT2D eigenvalue weighted by molar-refractivity contribution is -0.147. The largest absolute Gasteiger partial charge is 0.454 e. The van der Waals surface area contributed by atoms with E-state index in [1.54, 1.807) is 24.3 Å². The summed E-state index contributed by atoms with van der Waals surface area (Å²) in [6.07, 6.45) is 6.50. The predicted molar refractivity (Wildman–Crippen MR) is 124 cm³/mol. The van der Waals surface area contributed by atoms with E-state index in [9.17, 15) is 18.0 Å². The second-order valence-corrected chi connectivity index (χ2v) is 12.0. The number of hydrogen-bond donors (Lipinski definition) is 0. The molecule has 0 radical (unpaired) electrons. The highest BCUT2D eigenvalue weighted by atomic mass is 32.2. The van der Waals surface area contributed by atoms with Gasteiger partial charge in [-0.2, -0.15) is 0 Å². The summed E-state index contributed by atoms with van der Waals surface area (Å²) in [6, 6.07) is 14.5. The molecule has 4 aliphatic rings. The fourth-order valence-corrected chi connectivity index (χ4v) is 7.78. The Bertz CT molecular complexity index is 1140. The van der Waals surface area contributed by atoms with Crippen LogP contribution >= 0.6 is 0 Å². The average molecular weight is 468 g/mol. The quantitative estimate of drug-likeness (QED) is 0.562. The number of sulfonamides is 1. The van der Waals surface area contributed by atoms with E-state index in [0.29, 0.717) is 23.4 Å². The van der Waals surface area contributed by atoms with Crippen LogP contribution in [0.5, 0.6) is 0 Å². The molecule has 174 valence electrons. The number of para-hydroxylation sites is 1. The van der Waals surface area contributed by atoms with Gasteiger partial charge in [-0.15, -0.1) is 0 Å². The minimum absolute atomic E-state index is 0.00397. The molecule has 2 aromatic carbocycles. The Labute approximate surface area is 195 Å². The highest BCUT2D eigenvalue weighted by Crippen LogP contribution is 2.60. The molecule has 0 heterocycles. The Morgan fingerprint density at radius 3 is 2.15 bits per heavy atom. The smallest absolute Gasteiger partial charge is 0.338 e. The zero-order valence-corrected chi connectivity index (χ0v) is 19.6. The molecule has 0 aromatic heterocycles. The molecule has 0 aliphatic heterocycles. The number of benzene rings is 2. The van der Waals surface area contributed by atoms with Crippen molar-refractivity contribution in [3.63, 3.8) is 0 Å². The van der Waals surface area contributed by atoms with Crippen molar-refractivity contribution in [2.45, 2.75) is 43.4 Å². The third-order valence-corrected chi connectivity index (χ3v) is 9.59. The first-order valence-electron chi connectivity index (χ1n) is 11.6. The zero-order chi connectivity index (χ0) is 23.2. The number of rotatable bonds is 7. The summed E-state index contributed by atoms with van der Waals surface area (Å²) in [5, 5.41) is 0. The molecule has 7 heteroatoms. The van der Waals surface area contributed by atoms with Crippen LogP contribution in [0, 0.1) is 23.2 Å². The Morgan fingerprint density at radius 1 is 0.939 bits per heavy atom. The Hall–Kier alpha value is -2.67. The summed E-state index contributed by atoms with van der Waals surface area (Å²) in [4.78, 5) is 25.8. The van der Waals surface area contributed by atoms with Crippen LogP contribution < -0.4 is 4.31 Å². The van der Waals surface area contributed by atoms with E-state index in [0.717, 1.165) is 19.3 Å². The molecule has 4 fully saturated rings. The minimum Gasteiger partial charge on any atom is -0.454 e. The van der Waals surface area contributed by atoms with Gasteiger partial charge in [0.15, 0.2) is 12.4 Å². The molecule has 6 nitrogen and oxygen atoms in total. The topological polar surface area (TPSA) is 80.8 Å². The van der Waals surface area contributed by atoms with Gasteiger partial charge in [0.2, 0.25) is 0 Å². The minimum atomic E-state index is -3.85. The molecule has 0 amide bonds. The first kappa shape index (κ1) is 22.1. The SMILES string of the molecule is CN(c1ccccc1)S(=O)(=O)c1cccc(C(=O)OCC(=O)C23CC4CC(CC(C4)C2)C3)c1. The predicted octanol–water partition coefficient (Wildman–Crippen LogP) is 4.45. The third-order valence-electron chi connectivity index (χ3n) is 7.81. The van der Waals surface area contributed by atoms with E-state index in [-0.39, 0.29) is 28.3 Å². The van der Waals surface area contributed by atoms with Crippen LogP contribution in [0.3, 0.4) is 0 Å². The molecule has 33 heavy (non-hydrogen) atoms. The first-order valence-corrected chi connectivity index (χ1v) is 13.1. The Morgan fingerprint density at radius 2 is 1.55 bits per heavy atom. The molecule has 0 saturated heterocycles. The number of carbonyl (C=O) groups excluding carboxylic acids is 2. The fraction of sp³-hybridized carbons (Fsp3) is 0.462. The number of anilines is 1. The number of Topliss-reactive ketones (excluding diaryl/α,β-unsaturated/α-hetero) is 1. The van der Waals surface area contributed by atoms with Gasteiger partial charge in [0, 0.05) is 12.5 Å². The second kappa shape index (κ2) is 8.28. The van der Waals surface area contributed by atoms with Gasteiger partial charge in [-0.1, -0.05) is 24.3 Å². The van der Waals surface area contributed by atoms with Crippen LogP contribution in [0.2, 0.25) is 0 Å². The lowest BCUT2D eigenvalue weighted by Crippen LogP contribution is -2.51. The molecule has 0 N–H and O–H groups in total. The Kier molecular flexibility index (Phi) is 5.55. The van der Waals surface area contributed by atoms with Crippen LogP contribution in [0.25, 0.3) is 0 Å². The first-order chi connectivity index (χ1) is 15.8. The number of nitrogens with zero attached hydrogens (tertiary/aromatic N) is 1. The lowest BCUT2D eigenvalue weighted by Gasteiger charge is -2.55. The molecule has 6 rings (SSSR count). The van der Waals surface area contributed by atoms with Gasteiger partial charge in [-0.05, 0) is 86.6 Å². The van der Waals surface area contributed by atoms with Gasteiger partial charge in [-0.3, -0.25) is 9.10 Å². The summed E-state index contributed by atoms with van der Waals surface area (Å²) >= 11 is 0. The van der Waals surface area contributed by atoms with Gasteiger partial charge >= 0.3 is 5.97 Å². The standard InChI is InChI=1S/C26H29NO5S/c1-27(22-7-3-2-4-8-22)33(30,31)23-9-5-6-21(13-23)25(29)32-17-24(28)26-14-18-10-19(15-26)12-20(11-18)16-26/h2-9,13,18-20H,10-12,14-17H2,1H3. The normalized spacial score (nSPS) is 27.8. The number of hydrogen-bond acceptors (Lipinski definition) is 5. The van der Waals surface area contributed by atoms with Gasteiger partial charge in [0.25, 0.3) is 10.0 Å². The van der Waals surface area contributed by atoms with Crippen molar-refractivity contribution >= 4 is 27.5 Å². The van der Waals surface area contributed by atoms with E-state index in [2.05, 4.69) is 0 Å². The van der Waals surface area contributed by atoms with Crippen LogP contribution in [0.1, 0.15) is 48.9 Å². The highest BCUT2D eigenvalue weighted by molar-refractivity contribution is 7.92. The Balaban J connectivity index is 1.27. The molecule has 0 spiro atoms. The number of ether oxygens (including phenoxy) is 1. The lowest BCUT2D eigenvalue weighted by atomic mass is 9.48. The van der Waals surface area contributed by atoms with Gasteiger partial charge in [0.1, 0.15) is 0 Å². The van der Waals surface area contributed by atoms with Crippen molar-refractivity contribution in [3.8, 4) is 0 Å². The molecule has 4 aliphatic carbocycles. The molecule has 0 unspecified atom stereocenters. The molecule has 4 bridgehead atoms. The van der Waals surface area contributed by atoms with Crippen molar-refractivity contribution < 1.29 is 22.7 Å². The molecule has 4 saturated carbocycles. The maximum absolute atomic E-state index is 13.1. The van der Waals surface area contributed by atoms with Crippen LogP contribution in [-0.4, -0.2) is 33.8 Å². The van der Waals surface area contributed by atoms with Crippen molar-refractivity contribution in [3.05, 3.63) is 60.2 Å².